The molecular formula is C70H139N2O6P. The molecule has 0 aromatic heterocycles. The number of aliphatic hydroxyl groups is 1. The van der Waals surface area contributed by atoms with Crippen LogP contribution in [0.1, 0.15) is 367 Å². The first-order chi connectivity index (χ1) is 38.5. The SMILES string of the molecule is CCCCCCCCCCCCCCCCCCCCCCC/C=C/CC/C=C/C(O)C(COP(=O)([O-])OCC[N+](C)(C)C)NC(=O)CCCCCCCCCCCCCCCCCCCCCCCCCCCCCCCC. The van der Waals surface area contributed by atoms with E-state index in [0.717, 1.165) is 38.5 Å². The Balaban J connectivity index is 4.06. The molecule has 8 nitrogen and oxygen atoms in total. The van der Waals surface area contributed by atoms with Gasteiger partial charge in [-0.3, -0.25) is 9.36 Å². The number of aliphatic hydroxyl groups excluding tert-OH is 1. The highest BCUT2D eigenvalue weighted by Crippen LogP contribution is 2.38. The molecule has 0 heterocycles. The number of allylic oxidation sites excluding steroid dienone is 3. The third-order valence-electron chi connectivity index (χ3n) is 16.4. The number of phosphoric acid groups is 1. The van der Waals surface area contributed by atoms with E-state index in [9.17, 15) is 19.4 Å². The Morgan fingerprint density at radius 2 is 0.709 bits per heavy atom. The number of hydrogen-bond acceptors (Lipinski definition) is 6. The quantitative estimate of drug-likeness (QED) is 0.0272. The van der Waals surface area contributed by atoms with Crippen LogP contribution in [-0.2, 0) is 18.4 Å². The number of quaternary nitrogens is 1. The van der Waals surface area contributed by atoms with Gasteiger partial charge in [0.2, 0.25) is 5.91 Å². The monoisotopic (exact) mass is 1140 g/mol. The Labute approximate surface area is 494 Å². The molecule has 0 aromatic rings. The maximum absolute atomic E-state index is 13.0. The van der Waals surface area contributed by atoms with Gasteiger partial charge in [0, 0.05) is 6.42 Å². The molecule has 0 spiro atoms. The van der Waals surface area contributed by atoms with E-state index in [1.807, 2.05) is 27.2 Å². The van der Waals surface area contributed by atoms with E-state index in [1.165, 1.54) is 308 Å². The van der Waals surface area contributed by atoms with E-state index in [-0.39, 0.29) is 19.1 Å². The second kappa shape index (κ2) is 61.5. The summed E-state index contributed by atoms with van der Waals surface area (Å²) in [7, 11) is 1.26. The molecule has 0 aliphatic heterocycles. The molecule has 1 amide bonds. The van der Waals surface area contributed by atoms with Crippen LogP contribution in [0.3, 0.4) is 0 Å². The van der Waals surface area contributed by atoms with Crippen molar-refractivity contribution in [2.45, 2.75) is 379 Å². The van der Waals surface area contributed by atoms with Crippen molar-refractivity contribution in [2.24, 2.45) is 0 Å². The first-order valence-corrected chi connectivity index (χ1v) is 36.7. The lowest BCUT2D eigenvalue weighted by atomic mass is 10.0. The number of nitrogens with one attached hydrogen (secondary N) is 1. The van der Waals surface area contributed by atoms with E-state index in [0.29, 0.717) is 17.4 Å². The van der Waals surface area contributed by atoms with Crippen LogP contribution < -0.4 is 10.2 Å². The van der Waals surface area contributed by atoms with Crippen LogP contribution >= 0.6 is 7.82 Å². The minimum absolute atomic E-state index is 0.00340. The number of carbonyl (C=O) groups is 1. The number of carbonyl (C=O) groups excluding carboxylic acids is 1. The third-order valence-corrected chi connectivity index (χ3v) is 17.4. The molecule has 0 fully saturated rings. The van der Waals surface area contributed by atoms with Gasteiger partial charge in [0.15, 0.2) is 0 Å². The minimum atomic E-state index is -4.61. The van der Waals surface area contributed by atoms with E-state index in [4.69, 9.17) is 9.05 Å². The Bertz CT molecular complexity index is 1340. The van der Waals surface area contributed by atoms with Gasteiger partial charge < -0.3 is 28.8 Å². The lowest BCUT2D eigenvalue weighted by Gasteiger charge is -2.29. The number of amides is 1. The molecule has 470 valence electrons. The normalized spacial score (nSPS) is 13.8. The van der Waals surface area contributed by atoms with Gasteiger partial charge in [-0.05, 0) is 32.1 Å². The van der Waals surface area contributed by atoms with E-state index in [2.05, 4.69) is 31.3 Å². The van der Waals surface area contributed by atoms with Crippen molar-refractivity contribution < 1.29 is 32.9 Å². The molecule has 2 N–H and O–H groups in total. The van der Waals surface area contributed by atoms with E-state index in [1.54, 1.807) is 6.08 Å². The van der Waals surface area contributed by atoms with Crippen molar-refractivity contribution in [3.05, 3.63) is 24.3 Å². The lowest BCUT2D eigenvalue weighted by molar-refractivity contribution is -0.870. The van der Waals surface area contributed by atoms with Crippen LogP contribution in [0, 0.1) is 0 Å². The van der Waals surface area contributed by atoms with E-state index < -0.39 is 20.0 Å². The average Bonchev–Trinajstić information content (AvgIpc) is 3.42. The summed E-state index contributed by atoms with van der Waals surface area (Å²) in [5.41, 5.74) is 0. The first kappa shape index (κ1) is 78.0. The fourth-order valence-corrected chi connectivity index (χ4v) is 11.7. The number of phosphoric ester groups is 1. The zero-order valence-electron chi connectivity index (χ0n) is 53.9. The second-order valence-electron chi connectivity index (χ2n) is 25.6. The van der Waals surface area contributed by atoms with Crippen molar-refractivity contribution in [2.75, 3.05) is 40.9 Å². The van der Waals surface area contributed by atoms with Crippen LogP contribution in [0.2, 0.25) is 0 Å². The highest BCUT2D eigenvalue weighted by molar-refractivity contribution is 7.45. The molecular weight excluding hydrogens is 996 g/mol. The predicted octanol–water partition coefficient (Wildman–Crippen LogP) is 21.6. The zero-order chi connectivity index (χ0) is 57.7. The zero-order valence-corrected chi connectivity index (χ0v) is 54.8. The second-order valence-corrected chi connectivity index (χ2v) is 27.0. The van der Waals surface area contributed by atoms with Gasteiger partial charge >= 0.3 is 0 Å². The largest absolute Gasteiger partial charge is 0.756 e. The van der Waals surface area contributed by atoms with Crippen molar-refractivity contribution in [3.63, 3.8) is 0 Å². The number of unbranched alkanes of at least 4 members (excludes halogenated alkanes) is 51. The Kier molecular flexibility index (Phi) is 60.7. The summed E-state index contributed by atoms with van der Waals surface area (Å²) in [6.07, 6.45) is 80.3. The van der Waals surface area contributed by atoms with Gasteiger partial charge in [-0.2, -0.15) is 0 Å². The Morgan fingerprint density at radius 3 is 1.03 bits per heavy atom. The molecule has 79 heavy (non-hydrogen) atoms. The molecule has 3 unspecified atom stereocenters. The van der Waals surface area contributed by atoms with E-state index >= 15 is 0 Å². The maximum Gasteiger partial charge on any atom is 0.268 e. The smallest absolute Gasteiger partial charge is 0.268 e. The molecule has 0 aromatic carbocycles. The Hall–Kier alpha value is -1.02. The van der Waals surface area contributed by atoms with Crippen molar-refractivity contribution in [1.82, 2.24) is 5.32 Å². The lowest BCUT2D eigenvalue weighted by Crippen LogP contribution is -2.45. The summed E-state index contributed by atoms with van der Waals surface area (Å²) >= 11 is 0. The summed E-state index contributed by atoms with van der Waals surface area (Å²) in [6, 6.07) is -0.902. The Morgan fingerprint density at radius 1 is 0.430 bits per heavy atom. The summed E-state index contributed by atoms with van der Waals surface area (Å²) < 4.78 is 23.4. The summed E-state index contributed by atoms with van der Waals surface area (Å²) in [6.45, 7) is 4.70. The molecule has 0 bridgehead atoms. The topological polar surface area (TPSA) is 108 Å². The molecule has 0 rings (SSSR count). The van der Waals surface area contributed by atoms with Crippen molar-refractivity contribution in [3.8, 4) is 0 Å². The summed E-state index contributed by atoms with van der Waals surface area (Å²) in [4.78, 5) is 25.6. The average molecular weight is 1140 g/mol. The van der Waals surface area contributed by atoms with Gasteiger partial charge in [-0.1, -0.05) is 353 Å². The van der Waals surface area contributed by atoms with Gasteiger partial charge in [0.05, 0.1) is 39.9 Å². The van der Waals surface area contributed by atoms with Crippen molar-refractivity contribution in [1.29, 1.82) is 0 Å². The highest BCUT2D eigenvalue weighted by Gasteiger charge is 2.23. The number of hydrogen-bond donors (Lipinski definition) is 2. The van der Waals surface area contributed by atoms with Crippen LogP contribution in [-0.4, -0.2) is 68.5 Å². The molecule has 0 radical (unpaired) electrons. The van der Waals surface area contributed by atoms with Crippen molar-refractivity contribution >= 4 is 13.7 Å². The standard InChI is InChI=1S/C70H139N2O6P/c1-6-8-10-12-14-16-18-20-22-24-26-28-30-32-34-35-36-38-40-42-44-46-48-50-52-54-56-58-60-62-64-70(74)71-68(67-78-79(75,76)77-66-65-72(3,4)5)69(73)63-61-59-57-55-53-51-49-47-45-43-41-39-37-33-31-29-27-25-23-21-19-17-15-13-11-9-7-2/h53,55,61,63,68-69,73H,6-52,54,56-60,62,64-67H2,1-5H3,(H-,71,74,75,76)/b55-53+,63-61+. The highest BCUT2D eigenvalue weighted by atomic mass is 31.2. The maximum atomic E-state index is 13.0. The van der Waals surface area contributed by atoms with Gasteiger partial charge in [-0.25, -0.2) is 0 Å². The third kappa shape index (κ3) is 64.4. The number of nitrogens with zero attached hydrogens (tertiary/aromatic N) is 1. The number of rotatable bonds is 66. The van der Waals surface area contributed by atoms with Crippen LogP contribution in [0.4, 0.5) is 0 Å². The van der Waals surface area contributed by atoms with Gasteiger partial charge in [0.1, 0.15) is 13.2 Å². The number of likely N-dealkylation sites (N-methyl/N-ethyl adjacent to an activating group) is 1. The summed E-state index contributed by atoms with van der Waals surface area (Å²) in [5, 5.41) is 13.9. The first-order valence-electron chi connectivity index (χ1n) is 35.2. The van der Waals surface area contributed by atoms with Crippen LogP contribution in [0.15, 0.2) is 24.3 Å². The molecule has 0 aliphatic carbocycles. The molecule has 0 saturated heterocycles. The predicted molar refractivity (Wildman–Crippen MR) is 344 cm³/mol. The van der Waals surface area contributed by atoms with Gasteiger partial charge in [0.25, 0.3) is 7.82 Å². The molecule has 0 saturated carbocycles. The molecule has 9 heteroatoms. The molecule has 0 aliphatic rings. The van der Waals surface area contributed by atoms with Crippen LogP contribution in [0.5, 0.6) is 0 Å². The molecule has 3 atom stereocenters. The van der Waals surface area contributed by atoms with Gasteiger partial charge in [-0.15, -0.1) is 0 Å². The minimum Gasteiger partial charge on any atom is -0.756 e. The summed E-state index contributed by atoms with van der Waals surface area (Å²) in [5.74, 6) is -0.198. The van der Waals surface area contributed by atoms with Crippen LogP contribution in [0.25, 0.3) is 0 Å². The fourth-order valence-electron chi connectivity index (χ4n) is 10.9. The fraction of sp³-hybridized carbons (Fsp3) is 0.929.